The van der Waals surface area contributed by atoms with Crippen LogP contribution in [0.2, 0.25) is 0 Å². The van der Waals surface area contributed by atoms with Crippen LogP contribution in [0.4, 0.5) is 0 Å². The van der Waals surface area contributed by atoms with E-state index in [1.54, 1.807) is 36.0 Å². The highest BCUT2D eigenvalue weighted by atomic mass is 79.9. The van der Waals surface area contributed by atoms with E-state index in [1.807, 2.05) is 47.4 Å². The fraction of sp³-hybridized carbons (Fsp3) is 0.160. The van der Waals surface area contributed by atoms with Gasteiger partial charge in [0.05, 0.1) is 23.5 Å². The summed E-state index contributed by atoms with van der Waals surface area (Å²) >= 11 is 4.83. The van der Waals surface area contributed by atoms with Gasteiger partial charge in [0.1, 0.15) is 5.37 Å². The first-order valence-electron chi connectivity index (χ1n) is 10.4. The summed E-state index contributed by atoms with van der Waals surface area (Å²) in [5.74, 6) is 0.471. The molecule has 9 heteroatoms. The van der Waals surface area contributed by atoms with Gasteiger partial charge in [0, 0.05) is 12.1 Å². The van der Waals surface area contributed by atoms with Crippen molar-refractivity contribution in [1.82, 2.24) is 10.3 Å². The molecule has 34 heavy (non-hydrogen) atoms. The van der Waals surface area contributed by atoms with Gasteiger partial charge in [0.2, 0.25) is 5.91 Å². The van der Waals surface area contributed by atoms with E-state index in [1.165, 1.54) is 13.3 Å². The number of aromatic hydroxyl groups is 1. The van der Waals surface area contributed by atoms with E-state index in [0.717, 1.165) is 11.1 Å². The first kappa shape index (κ1) is 23.8. The second-order valence-electron chi connectivity index (χ2n) is 7.55. The van der Waals surface area contributed by atoms with Gasteiger partial charge in [0.25, 0.3) is 5.91 Å². The highest BCUT2D eigenvalue weighted by molar-refractivity contribution is 9.10. The molecule has 0 saturated carbocycles. The molecule has 0 aliphatic carbocycles. The van der Waals surface area contributed by atoms with Gasteiger partial charge in [-0.1, -0.05) is 42.5 Å². The zero-order valence-corrected chi connectivity index (χ0v) is 20.7. The molecule has 3 aromatic rings. The molecule has 3 aromatic carbocycles. The average molecular weight is 540 g/mol. The second kappa shape index (κ2) is 10.8. The number of carbonyl (C=O) groups is 2. The number of nitrogens with zero attached hydrogens (tertiary/aromatic N) is 2. The number of ether oxygens (including phenoxy) is 1. The largest absolute Gasteiger partial charge is 0.503 e. The summed E-state index contributed by atoms with van der Waals surface area (Å²) < 4.78 is 5.57. The van der Waals surface area contributed by atoms with E-state index >= 15 is 0 Å². The van der Waals surface area contributed by atoms with Crippen LogP contribution in [0.25, 0.3) is 0 Å². The Hall–Kier alpha value is -3.30. The topological polar surface area (TPSA) is 91.2 Å². The lowest BCUT2D eigenvalue weighted by atomic mass is 10.1. The van der Waals surface area contributed by atoms with Crippen molar-refractivity contribution in [2.45, 2.75) is 11.9 Å². The number of rotatable bonds is 7. The molecule has 0 aromatic heterocycles. The number of hydrogen-bond acceptors (Lipinski definition) is 6. The van der Waals surface area contributed by atoms with Crippen molar-refractivity contribution in [3.05, 3.63) is 93.5 Å². The maximum atomic E-state index is 12.5. The predicted octanol–water partition coefficient (Wildman–Crippen LogP) is 4.70. The Morgan fingerprint density at radius 3 is 2.68 bits per heavy atom. The van der Waals surface area contributed by atoms with Gasteiger partial charge in [-0.2, -0.15) is 5.10 Å². The second-order valence-corrected chi connectivity index (χ2v) is 9.47. The molecule has 174 valence electrons. The van der Waals surface area contributed by atoms with Gasteiger partial charge in [0.15, 0.2) is 11.5 Å². The Balaban J connectivity index is 1.41. The number of carbonyl (C=O) groups excluding carboxylic acids is 2. The van der Waals surface area contributed by atoms with Crippen LogP contribution >= 0.6 is 27.7 Å². The quantitative estimate of drug-likeness (QED) is 0.335. The normalized spacial score (nSPS) is 15.6. The van der Waals surface area contributed by atoms with Gasteiger partial charge in [-0.3, -0.25) is 9.59 Å². The lowest BCUT2D eigenvalue weighted by molar-refractivity contribution is -0.128. The molecule has 4 rings (SSSR count). The number of thioether (sulfide) groups is 1. The van der Waals surface area contributed by atoms with Crippen LogP contribution in [-0.2, 0) is 11.3 Å². The van der Waals surface area contributed by atoms with Gasteiger partial charge in [-0.15, -0.1) is 11.8 Å². The standard InChI is InChI=1S/C25H22BrN3O4S/c1-33-21-12-17(11-20(26)23(21)31)13-27-28-24(32)18-7-9-19(10-8-18)25-29(22(30)15-34-25)14-16-5-3-2-4-6-16/h2-13,25,31H,14-15H2,1H3,(H,28,32)/b27-13-/t25-/m0/s1. The summed E-state index contributed by atoms with van der Waals surface area (Å²) in [6.45, 7) is 0.548. The summed E-state index contributed by atoms with van der Waals surface area (Å²) in [5, 5.41) is 13.8. The Kier molecular flexibility index (Phi) is 7.54. The fourth-order valence-corrected chi connectivity index (χ4v) is 5.18. The first-order valence-corrected chi connectivity index (χ1v) is 12.3. The molecule has 0 radical (unpaired) electrons. The molecule has 1 saturated heterocycles. The smallest absolute Gasteiger partial charge is 0.271 e. The number of benzene rings is 3. The molecule has 7 nitrogen and oxygen atoms in total. The third-order valence-electron chi connectivity index (χ3n) is 5.27. The number of hydrazone groups is 1. The summed E-state index contributed by atoms with van der Waals surface area (Å²) in [6, 6.07) is 20.4. The maximum absolute atomic E-state index is 12.5. The van der Waals surface area contributed by atoms with E-state index < -0.39 is 0 Å². The highest BCUT2D eigenvalue weighted by Crippen LogP contribution is 2.39. The van der Waals surface area contributed by atoms with Gasteiger partial charge in [-0.25, -0.2) is 5.43 Å². The zero-order chi connectivity index (χ0) is 24.1. The molecule has 1 aliphatic rings. The van der Waals surface area contributed by atoms with E-state index in [2.05, 4.69) is 26.5 Å². The number of phenolic OH excluding ortho intramolecular Hbond substituents is 1. The number of hydrogen-bond donors (Lipinski definition) is 2. The maximum Gasteiger partial charge on any atom is 0.271 e. The number of nitrogens with one attached hydrogen (secondary N) is 1. The van der Waals surface area contributed by atoms with Crippen molar-refractivity contribution < 1.29 is 19.4 Å². The fourth-order valence-electron chi connectivity index (χ4n) is 3.53. The van der Waals surface area contributed by atoms with Crippen LogP contribution in [0.3, 0.4) is 0 Å². The van der Waals surface area contributed by atoms with Crippen LogP contribution in [0.5, 0.6) is 11.5 Å². The molecule has 0 bridgehead atoms. The summed E-state index contributed by atoms with van der Waals surface area (Å²) in [7, 11) is 1.45. The number of halogens is 1. The molecule has 0 unspecified atom stereocenters. The molecule has 1 fully saturated rings. The Bertz CT molecular complexity index is 1220. The SMILES string of the molecule is COc1cc(/C=N\NC(=O)c2ccc([C@@H]3SCC(=O)N3Cc3ccccc3)cc2)cc(Br)c1O. The number of amides is 2. The first-order chi connectivity index (χ1) is 16.5. The molecular weight excluding hydrogens is 518 g/mol. The average Bonchev–Trinajstić information content (AvgIpc) is 3.21. The van der Waals surface area contributed by atoms with Crippen molar-refractivity contribution in [2.75, 3.05) is 12.9 Å². The molecule has 0 spiro atoms. The molecule has 2 amide bonds. The molecule has 2 N–H and O–H groups in total. The van der Waals surface area contributed by atoms with Gasteiger partial charge in [-0.05, 0) is 56.9 Å². The van der Waals surface area contributed by atoms with Crippen molar-refractivity contribution >= 4 is 45.7 Å². The minimum absolute atomic E-state index is 0.00626. The van der Waals surface area contributed by atoms with Crippen molar-refractivity contribution in [1.29, 1.82) is 0 Å². The van der Waals surface area contributed by atoms with Crippen LogP contribution in [0.1, 0.15) is 32.4 Å². The summed E-state index contributed by atoms with van der Waals surface area (Å²) in [5.41, 5.74) is 5.63. The lowest BCUT2D eigenvalue weighted by Crippen LogP contribution is -2.27. The van der Waals surface area contributed by atoms with Crippen molar-refractivity contribution in [2.24, 2.45) is 5.10 Å². The highest BCUT2D eigenvalue weighted by Gasteiger charge is 2.32. The number of methoxy groups -OCH3 is 1. The third-order valence-corrected chi connectivity index (χ3v) is 7.13. The van der Waals surface area contributed by atoms with Crippen LogP contribution in [-0.4, -0.2) is 40.9 Å². The Labute approximate surface area is 209 Å². The van der Waals surface area contributed by atoms with Crippen LogP contribution in [0, 0.1) is 0 Å². The minimum Gasteiger partial charge on any atom is -0.503 e. The van der Waals surface area contributed by atoms with Crippen LogP contribution < -0.4 is 10.2 Å². The Morgan fingerprint density at radius 1 is 1.24 bits per heavy atom. The monoisotopic (exact) mass is 539 g/mol. The van der Waals surface area contributed by atoms with Gasteiger partial charge >= 0.3 is 0 Å². The van der Waals surface area contributed by atoms with Gasteiger partial charge < -0.3 is 14.7 Å². The summed E-state index contributed by atoms with van der Waals surface area (Å²) in [6.07, 6.45) is 1.46. The van der Waals surface area contributed by atoms with Crippen LogP contribution in [0.15, 0.2) is 76.3 Å². The number of phenols is 1. The third kappa shape index (κ3) is 5.43. The van der Waals surface area contributed by atoms with E-state index in [-0.39, 0.29) is 22.9 Å². The van der Waals surface area contributed by atoms with E-state index in [4.69, 9.17) is 4.74 Å². The van der Waals surface area contributed by atoms with Crippen molar-refractivity contribution in [3.63, 3.8) is 0 Å². The minimum atomic E-state index is -0.357. The molecular formula is C25H22BrN3O4S. The molecule has 1 aliphatic heterocycles. The summed E-state index contributed by atoms with van der Waals surface area (Å²) in [4.78, 5) is 26.8. The van der Waals surface area contributed by atoms with E-state index in [9.17, 15) is 14.7 Å². The van der Waals surface area contributed by atoms with Crippen molar-refractivity contribution in [3.8, 4) is 11.5 Å². The molecule has 1 heterocycles. The molecule has 1 atom stereocenters. The Morgan fingerprint density at radius 2 is 1.97 bits per heavy atom. The zero-order valence-electron chi connectivity index (χ0n) is 18.3. The predicted molar refractivity (Wildman–Crippen MR) is 136 cm³/mol. The van der Waals surface area contributed by atoms with E-state index in [0.29, 0.717) is 33.6 Å². The lowest BCUT2D eigenvalue weighted by Gasteiger charge is -2.24.